The molecule has 0 radical (unpaired) electrons. The molecule has 0 aromatic heterocycles. The van der Waals surface area contributed by atoms with Crippen LogP contribution in [0.15, 0.2) is 22.7 Å². The van der Waals surface area contributed by atoms with E-state index in [1.165, 1.54) is 6.26 Å². The Morgan fingerprint density at radius 1 is 1.38 bits per heavy atom. The lowest BCUT2D eigenvalue weighted by Crippen LogP contribution is -2.33. The van der Waals surface area contributed by atoms with Gasteiger partial charge < -0.3 is 9.84 Å². The van der Waals surface area contributed by atoms with Crippen molar-refractivity contribution in [2.75, 3.05) is 6.26 Å². The molecule has 2 rings (SSSR count). The molecule has 1 aliphatic carbocycles. The largest absolute Gasteiger partial charge is 0.490 e. The summed E-state index contributed by atoms with van der Waals surface area (Å²) >= 11 is 3.40. The molecule has 21 heavy (non-hydrogen) atoms. The number of rotatable bonds is 4. The third-order valence-corrected chi connectivity index (χ3v) is 6.04. The minimum Gasteiger partial charge on any atom is -0.490 e. The first-order chi connectivity index (χ1) is 9.77. The average Bonchev–Trinajstić information content (AvgIpc) is 2.37. The third kappa shape index (κ3) is 4.44. The molecule has 1 saturated carbocycles. The SMILES string of the molecule is CC(O)c1ccc(Br)cc1OC1CCCC(S(C)(=O)=O)C1. The lowest BCUT2D eigenvalue weighted by molar-refractivity contribution is 0.143. The molecular formula is C15H21BrO4S. The number of hydrogen-bond acceptors (Lipinski definition) is 4. The highest BCUT2D eigenvalue weighted by Crippen LogP contribution is 2.33. The van der Waals surface area contributed by atoms with Gasteiger partial charge in [-0.1, -0.05) is 22.0 Å². The van der Waals surface area contributed by atoms with E-state index < -0.39 is 15.9 Å². The van der Waals surface area contributed by atoms with Crippen LogP contribution >= 0.6 is 15.9 Å². The second kappa shape index (κ2) is 6.67. The standard InChI is InChI=1S/C15H21BrO4S/c1-10(17)14-7-6-11(16)8-15(14)20-12-4-3-5-13(9-12)21(2,18)19/h6-8,10,12-13,17H,3-5,9H2,1-2H3. The molecule has 1 aromatic carbocycles. The van der Waals surface area contributed by atoms with Crippen LogP contribution in [0.3, 0.4) is 0 Å². The molecule has 1 fully saturated rings. The van der Waals surface area contributed by atoms with Gasteiger partial charge in [-0.2, -0.15) is 0 Å². The van der Waals surface area contributed by atoms with E-state index in [9.17, 15) is 13.5 Å². The first kappa shape index (κ1) is 16.8. The van der Waals surface area contributed by atoms with Crippen molar-refractivity contribution in [3.63, 3.8) is 0 Å². The second-order valence-corrected chi connectivity index (χ2v) is 8.96. The predicted molar refractivity (Wildman–Crippen MR) is 86.3 cm³/mol. The summed E-state index contributed by atoms with van der Waals surface area (Å²) in [6.45, 7) is 1.69. The molecule has 1 aromatic rings. The van der Waals surface area contributed by atoms with Crippen LogP contribution in [0, 0.1) is 0 Å². The normalized spacial score (nSPS) is 24.6. The zero-order chi connectivity index (χ0) is 15.6. The van der Waals surface area contributed by atoms with Gasteiger partial charge in [0.15, 0.2) is 0 Å². The molecule has 1 N–H and O–H groups in total. The zero-order valence-corrected chi connectivity index (χ0v) is 14.7. The van der Waals surface area contributed by atoms with E-state index in [1.54, 1.807) is 6.92 Å². The maximum absolute atomic E-state index is 11.7. The molecule has 3 unspecified atom stereocenters. The highest BCUT2D eigenvalue weighted by molar-refractivity contribution is 9.10. The molecule has 118 valence electrons. The van der Waals surface area contributed by atoms with E-state index in [0.717, 1.165) is 22.9 Å². The Labute approximate surface area is 134 Å². The van der Waals surface area contributed by atoms with Gasteiger partial charge in [0.25, 0.3) is 0 Å². The Morgan fingerprint density at radius 2 is 2.10 bits per heavy atom. The number of hydrogen-bond donors (Lipinski definition) is 1. The quantitative estimate of drug-likeness (QED) is 0.875. The zero-order valence-electron chi connectivity index (χ0n) is 12.3. The maximum atomic E-state index is 11.7. The van der Waals surface area contributed by atoms with Crippen LogP contribution in [0.5, 0.6) is 5.75 Å². The van der Waals surface area contributed by atoms with Crippen molar-refractivity contribution in [1.29, 1.82) is 0 Å². The molecule has 6 heteroatoms. The summed E-state index contributed by atoms with van der Waals surface area (Å²) in [7, 11) is -3.02. The van der Waals surface area contributed by atoms with Crippen molar-refractivity contribution >= 4 is 25.8 Å². The summed E-state index contributed by atoms with van der Waals surface area (Å²) in [5.41, 5.74) is 0.722. The molecular weight excluding hydrogens is 356 g/mol. The molecule has 4 nitrogen and oxygen atoms in total. The summed E-state index contributed by atoms with van der Waals surface area (Å²) in [6, 6.07) is 5.50. The summed E-state index contributed by atoms with van der Waals surface area (Å²) in [4.78, 5) is 0. The van der Waals surface area contributed by atoms with Crippen molar-refractivity contribution in [3.8, 4) is 5.75 Å². The fourth-order valence-electron chi connectivity index (χ4n) is 2.73. The van der Waals surface area contributed by atoms with Crippen LogP contribution < -0.4 is 4.74 Å². The molecule has 0 saturated heterocycles. The Bertz CT molecular complexity index is 598. The fourth-order valence-corrected chi connectivity index (χ4v) is 4.23. The average molecular weight is 377 g/mol. The van der Waals surface area contributed by atoms with Crippen molar-refractivity contribution in [3.05, 3.63) is 28.2 Å². The van der Waals surface area contributed by atoms with Gasteiger partial charge in [0.05, 0.1) is 17.5 Å². The molecule has 0 heterocycles. The number of sulfone groups is 1. The first-order valence-electron chi connectivity index (χ1n) is 7.10. The Balaban J connectivity index is 2.16. The smallest absolute Gasteiger partial charge is 0.150 e. The lowest BCUT2D eigenvalue weighted by Gasteiger charge is -2.29. The molecule has 0 aliphatic heterocycles. The van der Waals surface area contributed by atoms with Gasteiger partial charge >= 0.3 is 0 Å². The van der Waals surface area contributed by atoms with E-state index in [2.05, 4.69) is 15.9 Å². The van der Waals surface area contributed by atoms with Gasteiger partial charge in [-0.15, -0.1) is 0 Å². The van der Waals surface area contributed by atoms with Crippen LogP contribution in [-0.2, 0) is 9.84 Å². The van der Waals surface area contributed by atoms with Crippen LogP contribution in [0.4, 0.5) is 0 Å². The van der Waals surface area contributed by atoms with E-state index in [0.29, 0.717) is 18.6 Å². The molecule has 0 bridgehead atoms. The fraction of sp³-hybridized carbons (Fsp3) is 0.600. The Kier molecular flexibility index (Phi) is 5.33. The lowest BCUT2D eigenvalue weighted by atomic mass is 9.97. The Hall–Kier alpha value is -0.590. The van der Waals surface area contributed by atoms with Gasteiger partial charge in [-0.25, -0.2) is 8.42 Å². The van der Waals surface area contributed by atoms with Gasteiger partial charge in [-0.05, 0) is 38.3 Å². The maximum Gasteiger partial charge on any atom is 0.150 e. The first-order valence-corrected chi connectivity index (χ1v) is 9.85. The van der Waals surface area contributed by atoms with Crippen molar-refractivity contribution in [2.24, 2.45) is 0 Å². The number of aliphatic hydroxyl groups is 1. The third-order valence-electron chi connectivity index (χ3n) is 3.90. The van der Waals surface area contributed by atoms with Crippen LogP contribution in [0.2, 0.25) is 0 Å². The van der Waals surface area contributed by atoms with E-state index in [-0.39, 0.29) is 11.4 Å². The topological polar surface area (TPSA) is 63.6 Å². The molecule has 0 amide bonds. The van der Waals surface area contributed by atoms with Crippen molar-refractivity contribution < 1.29 is 18.3 Å². The van der Waals surface area contributed by atoms with Gasteiger partial charge in [0.1, 0.15) is 15.6 Å². The van der Waals surface area contributed by atoms with Crippen LogP contribution in [-0.4, -0.2) is 31.1 Å². The Morgan fingerprint density at radius 3 is 2.71 bits per heavy atom. The van der Waals surface area contributed by atoms with Gasteiger partial charge in [0, 0.05) is 22.7 Å². The van der Waals surface area contributed by atoms with Crippen LogP contribution in [0.1, 0.15) is 44.3 Å². The van der Waals surface area contributed by atoms with Crippen molar-refractivity contribution in [1.82, 2.24) is 0 Å². The molecule has 1 aliphatic rings. The molecule has 0 spiro atoms. The molecule has 3 atom stereocenters. The highest BCUT2D eigenvalue weighted by Gasteiger charge is 2.30. The number of halogens is 1. The summed E-state index contributed by atoms with van der Waals surface area (Å²) in [6.07, 6.45) is 3.47. The number of ether oxygens (including phenoxy) is 1. The minimum absolute atomic E-state index is 0.120. The number of aliphatic hydroxyl groups excluding tert-OH is 1. The van der Waals surface area contributed by atoms with Crippen molar-refractivity contribution in [2.45, 2.75) is 50.1 Å². The van der Waals surface area contributed by atoms with Crippen LogP contribution in [0.25, 0.3) is 0 Å². The number of benzene rings is 1. The summed E-state index contributed by atoms with van der Waals surface area (Å²) in [5, 5.41) is 9.49. The van der Waals surface area contributed by atoms with E-state index >= 15 is 0 Å². The van der Waals surface area contributed by atoms with E-state index in [4.69, 9.17) is 4.74 Å². The summed E-state index contributed by atoms with van der Waals surface area (Å²) < 4.78 is 30.3. The second-order valence-electron chi connectivity index (χ2n) is 5.72. The van der Waals surface area contributed by atoms with Gasteiger partial charge in [0.2, 0.25) is 0 Å². The summed E-state index contributed by atoms with van der Waals surface area (Å²) in [5.74, 6) is 0.624. The minimum atomic E-state index is -3.02. The van der Waals surface area contributed by atoms with E-state index in [1.807, 2.05) is 18.2 Å². The predicted octanol–water partition coefficient (Wildman–Crippen LogP) is 3.24. The monoisotopic (exact) mass is 376 g/mol. The highest BCUT2D eigenvalue weighted by atomic mass is 79.9. The van der Waals surface area contributed by atoms with Gasteiger partial charge in [-0.3, -0.25) is 0 Å².